The fourth-order valence-corrected chi connectivity index (χ4v) is 3.52. The third-order valence-corrected chi connectivity index (χ3v) is 4.89. The van der Waals surface area contributed by atoms with Crippen molar-refractivity contribution in [2.24, 2.45) is 5.10 Å². The molecule has 0 saturated carbocycles. The SMILES string of the molecule is CC1=NN(c2ccc3sc(C)nc3c2)C(=O)C1=CNc1ccccc1. The number of carbonyl (C=O) groups is 1. The lowest BCUT2D eigenvalue weighted by molar-refractivity contribution is -0.114. The normalized spacial score (nSPS) is 15.9. The summed E-state index contributed by atoms with van der Waals surface area (Å²) in [6.45, 7) is 3.81. The van der Waals surface area contributed by atoms with Crippen LogP contribution in [0.3, 0.4) is 0 Å². The van der Waals surface area contributed by atoms with Crippen LogP contribution in [0.2, 0.25) is 0 Å². The molecule has 2 aromatic carbocycles. The van der Waals surface area contributed by atoms with Gasteiger partial charge in [0.15, 0.2) is 0 Å². The van der Waals surface area contributed by atoms with Crippen molar-refractivity contribution >= 4 is 44.5 Å². The number of benzene rings is 2. The Morgan fingerprint density at radius 3 is 2.72 bits per heavy atom. The van der Waals surface area contributed by atoms with Gasteiger partial charge >= 0.3 is 0 Å². The van der Waals surface area contributed by atoms with E-state index in [2.05, 4.69) is 15.4 Å². The fourth-order valence-electron chi connectivity index (χ4n) is 2.71. The zero-order chi connectivity index (χ0) is 17.4. The molecule has 1 aliphatic rings. The first-order valence-corrected chi connectivity index (χ1v) is 8.72. The van der Waals surface area contributed by atoms with Gasteiger partial charge in [0, 0.05) is 11.9 Å². The average Bonchev–Trinajstić information content (AvgIpc) is 3.12. The average molecular weight is 348 g/mol. The lowest BCUT2D eigenvalue weighted by Gasteiger charge is -2.11. The highest BCUT2D eigenvalue weighted by Crippen LogP contribution is 2.29. The van der Waals surface area contributed by atoms with E-state index in [-0.39, 0.29) is 5.91 Å². The highest BCUT2D eigenvalue weighted by molar-refractivity contribution is 7.18. The maximum atomic E-state index is 12.8. The number of aryl methyl sites for hydroxylation is 1. The van der Waals surface area contributed by atoms with E-state index in [1.54, 1.807) is 17.5 Å². The molecule has 0 unspecified atom stereocenters. The molecule has 6 heteroatoms. The van der Waals surface area contributed by atoms with Crippen LogP contribution >= 0.6 is 11.3 Å². The number of carbonyl (C=O) groups excluding carboxylic acids is 1. The number of nitrogens with zero attached hydrogens (tertiary/aromatic N) is 3. The Bertz CT molecular complexity index is 1020. The molecule has 1 aliphatic heterocycles. The molecule has 4 rings (SSSR count). The van der Waals surface area contributed by atoms with Crippen LogP contribution in [0.25, 0.3) is 10.2 Å². The number of hydrogen-bond donors (Lipinski definition) is 1. The van der Waals surface area contributed by atoms with Gasteiger partial charge < -0.3 is 5.32 Å². The number of fused-ring (bicyclic) bond motifs is 1. The second-order valence-corrected chi connectivity index (χ2v) is 6.99. The molecule has 124 valence electrons. The van der Waals surface area contributed by atoms with Gasteiger partial charge in [-0.1, -0.05) is 18.2 Å². The summed E-state index contributed by atoms with van der Waals surface area (Å²) in [5, 5.41) is 10.0. The molecule has 0 saturated heterocycles. The second kappa shape index (κ2) is 6.14. The third kappa shape index (κ3) is 2.92. The molecule has 3 aromatic rings. The monoisotopic (exact) mass is 348 g/mol. The van der Waals surface area contributed by atoms with Crippen LogP contribution in [0.15, 0.2) is 65.4 Å². The molecule has 2 heterocycles. The molecular formula is C19H16N4OS. The zero-order valence-electron chi connectivity index (χ0n) is 13.9. The zero-order valence-corrected chi connectivity index (χ0v) is 14.7. The molecule has 0 bridgehead atoms. The summed E-state index contributed by atoms with van der Waals surface area (Å²) in [4.78, 5) is 17.3. The first-order chi connectivity index (χ1) is 12.1. The number of hydrogen-bond acceptors (Lipinski definition) is 5. The van der Waals surface area contributed by atoms with Crippen molar-refractivity contribution in [1.29, 1.82) is 0 Å². The summed E-state index contributed by atoms with van der Waals surface area (Å²) in [5.74, 6) is -0.146. The Morgan fingerprint density at radius 1 is 1.12 bits per heavy atom. The Kier molecular flexibility index (Phi) is 3.82. The van der Waals surface area contributed by atoms with Crippen molar-refractivity contribution in [3.8, 4) is 0 Å². The Balaban J connectivity index is 1.62. The Labute approximate surface area is 149 Å². The minimum Gasteiger partial charge on any atom is -0.361 e. The number of rotatable bonds is 3. The number of nitrogens with one attached hydrogen (secondary N) is 1. The maximum Gasteiger partial charge on any atom is 0.282 e. The predicted octanol–water partition coefficient (Wildman–Crippen LogP) is 4.32. The van der Waals surface area contributed by atoms with Gasteiger partial charge in [-0.05, 0) is 44.2 Å². The third-order valence-electron chi connectivity index (χ3n) is 3.94. The molecule has 0 atom stereocenters. The number of amides is 1. The van der Waals surface area contributed by atoms with Crippen LogP contribution in [0.1, 0.15) is 11.9 Å². The number of thiazole rings is 1. The highest BCUT2D eigenvalue weighted by Gasteiger charge is 2.29. The summed E-state index contributed by atoms with van der Waals surface area (Å²) in [7, 11) is 0. The largest absolute Gasteiger partial charge is 0.361 e. The standard InChI is InChI=1S/C19H16N4OS/c1-12-16(11-20-14-6-4-3-5-7-14)19(24)23(22-12)15-8-9-18-17(10-15)21-13(2)25-18/h3-11,20H,1-2H3. The summed E-state index contributed by atoms with van der Waals surface area (Å²) in [6.07, 6.45) is 1.71. The lowest BCUT2D eigenvalue weighted by Crippen LogP contribution is -2.21. The summed E-state index contributed by atoms with van der Waals surface area (Å²) < 4.78 is 1.11. The van der Waals surface area contributed by atoms with E-state index in [4.69, 9.17) is 0 Å². The van der Waals surface area contributed by atoms with Crippen LogP contribution in [0, 0.1) is 6.92 Å². The molecule has 1 aromatic heterocycles. The minimum absolute atomic E-state index is 0.146. The summed E-state index contributed by atoms with van der Waals surface area (Å²) in [6, 6.07) is 15.5. The van der Waals surface area contributed by atoms with E-state index in [0.717, 1.165) is 26.6 Å². The van der Waals surface area contributed by atoms with Gasteiger partial charge in [-0.15, -0.1) is 11.3 Å². The van der Waals surface area contributed by atoms with E-state index in [1.807, 2.05) is 62.4 Å². The van der Waals surface area contributed by atoms with Gasteiger partial charge in [0.25, 0.3) is 5.91 Å². The lowest BCUT2D eigenvalue weighted by atomic mass is 10.2. The number of anilines is 2. The Hall–Kier alpha value is -2.99. The van der Waals surface area contributed by atoms with Crippen LogP contribution < -0.4 is 10.3 Å². The molecule has 0 aliphatic carbocycles. The van der Waals surface area contributed by atoms with E-state index in [1.165, 1.54) is 5.01 Å². The molecule has 0 spiro atoms. The molecule has 25 heavy (non-hydrogen) atoms. The van der Waals surface area contributed by atoms with E-state index >= 15 is 0 Å². The molecule has 1 N–H and O–H groups in total. The van der Waals surface area contributed by atoms with Crippen LogP contribution in [-0.4, -0.2) is 16.6 Å². The van der Waals surface area contributed by atoms with Crippen molar-refractivity contribution in [1.82, 2.24) is 4.98 Å². The van der Waals surface area contributed by atoms with Gasteiger partial charge in [-0.3, -0.25) is 4.79 Å². The molecule has 5 nitrogen and oxygen atoms in total. The molecule has 0 fully saturated rings. The van der Waals surface area contributed by atoms with E-state index in [9.17, 15) is 4.79 Å². The van der Waals surface area contributed by atoms with Crippen molar-refractivity contribution in [2.45, 2.75) is 13.8 Å². The summed E-state index contributed by atoms with van der Waals surface area (Å²) >= 11 is 1.64. The van der Waals surface area contributed by atoms with E-state index < -0.39 is 0 Å². The minimum atomic E-state index is -0.146. The Morgan fingerprint density at radius 2 is 1.92 bits per heavy atom. The van der Waals surface area contributed by atoms with Crippen molar-refractivity contribution in [3.63, 3.8) is 0 Å². The first kappa shape index (κ1) is 15.5. The van der Waals surface area contributed by atoms with Crippen LogP contribution in [-0.2, 0) is 4.79 Å². The van der Waals surface area contributed by atoms with Gasteiger partial charge in [0.1, 0.15) is 0 Å². The van der Waals surface area contributed by atoms with E-state index in [0.29, 0.717) is 11.3 Å². The summed E-state index contributed by atoms with van der Waals surface area (Å²) in [5.41, 5.74) is 3.78. The van der Waals surface area contributed by atoms with Gasteiger partial charge in [0.05, 0.1) is 32.2 Å². The van der Waals surface area contributed by atoms with Crippen molar-refractivity contribution in [3.05, 3.63) is 65.3 Å². The second-order valence-electron chi connectivity index (χ2n) is 5.76. The number of aromatic nitrogens is 1. The van der Waals surface area contributed by atoms with Gasteiger partial charge in [-0.2, -0.15) is 10.1 Å². The van der Waals surface area contributed by atoms with Gasteiger partial charge in [0.2, 0.25) is 0 Å². The predicted molar refractivity (Wildman–Crippen MR) is 103 cm³/mol. The van der Waals surface area contributed by atoms with Crippen LogP contribution in [0.4, 0.5) is 11.4 Å². The molecule has 1 amide bonds. The fraction of sp³-hybridized carbons (Fsp3) is 0.105. The number of para-hydroxylation sites is 1. The highest BCUT2D eigenvalue weighted by atomic mass is 32.1. The maximum absolute atomic E-state index is 12.8. The quantitative estimate of drug-likeness (QED) is 0.717. The van der Waals surface area contributed by atoms with Crippen LogP contribution in [0.5, 0.6) is 0 Å². The van der Waals surface area contributed by atoms with Gasteiger partial charge in [-0.25, -0.2) is 4.98 Å². The first-order valence-electron chi connectivity index (χ1n) is 7.91. The molecular weight excluding hydrogens is 332 g/mol. The number of hydrazone groups is 1. The smallest absolute Gasteiger partial charge is 0.282 e. The van der Waals surface area contributed by atoms with Crippen molar-refractivity contribution < 1.29 is 4.79 Å². The topological polar surface area (TPSA) is 57.6 Å². The molecule has 0 radical (unpaired) electrons. The van der Waals surface area contributed by atoms with Crippen molar-refractivity contribution in [2.75, 3.05) is 10.3 Å².